The summed E-state index contributed by atoms with van der Waals surface area (Å²) in [5.74, 6) is 1.35. The van der Waals surface area contributed by atoms with Crippen LogP contribution in [-0.4, -0.2) is 48.6 Å². The Kier molecular flexibility index (Phi) is 10.1. The molecule has 1 aliphatic heterocycles. The zero-order valence-corrected chi connectivity index (χ0v) is 13.2. The second-order valence-electron chi connectivity index (χ2n) is 5.37. The standard InChI is InChI=1S/C15H32N2S/c1-3-9-16-10-7-5-6-8-11-17-12-13-18-15(4-2)14-17/h15-16H,3-14H2,1-2H3. The van der Waals surface area contributed by atoms with Crippen molar-refractivity contribution >= 4 is 11.8 Å². The molecule has 0 aromatic rings. The molecule has 1 aliphatic rings. The molecule has 0 bridgehead atoms. The van der Waals surface area contributed by atoms with Gasteiger partial charge in [0, 0.05) is 24.1 Å². The van der Waals surface area contributed by atoms with Crippen molar-refractivity contribution in [3.05, 3.63) is 0 Å². The zero-order valence-electron chi connectivity index (χ0n) is 12.4. The van der Waals surface area contributed by atoms with Gasteiger partial charge in [-0.2, -0.15) is 11.8 Å². The van der Waals surface area contributed by atoms with Gasteiger partial charge in [0.25, 0.3) is 0 Å². The number of thioether (sulfide) groups is 1. The lowest BCUT2D eigenvalue weighted by molar-refractivity contribution is 0.274. The highest BCUT2D eigenvalue weighted by Crippen LogP contribution is 2.21. The van der Waals surface area contributed by atoms with Gasteiger partial charge in [0.15, 0.2) is 0 Å². The van der Waals surface area contributed by atoms with E-state index < -0.39 is 0 Å². The molecule has 1 unspecified atom stereocenters. The van der Waals surface area contributed by atoms with Crippen molar-refractivity contribution in [2.45, 2.75) is 57.6 Å². The molecule has 1 N–H and O–H groups in total. The molecular weight excluding hydrogens is 240 g/mol. The van der Waals surface area contributed by atoms with Crippen LogP contribution in [0.2, 0.25) is 0 Å². The normalized spacial score (nSPS) is 21.3. The van der Waals surface area contributed by atoms with E-state index in [1.165, 1.54) is 77.0 Å². The first kappa shape index (κ1) is 16.3. The molecule has 2 nitrogen and oxygen atoms in total. The van der Waals surface area contributed by atoms with E-state index in [-0.39, 0.29) is 0 Å². The van der Waals surface area contributed by atoms with E-state index in [1.54, 1.807) is 0 Å². The first-order chi connectivity index (χ1) is 8.86. The average Bonchev–Trinajstić information content (AvgIpc) is 2.42. The lowest BCUT2D eigenvalue weighted by Crippen LogP contribution is -2.38. The van der Waals surface area contributed by atoms with Crippen molar-refractivity contribution in [3.8, 4) is 0 Å². The van der Waals surface area contributed by atoms with Crippen LogP contribution in [0.3, 0.4) is 0 Å². The lowest BCUT2D eigenvalue weighted by atomic mass is 10.2. The predicted octanol–water partition coefficient (Wildman–Crippen LogP) is 3.37. The van der Waals surface area contributed by atoms with Crippen LogP contribution in [-0.2, 0) is 0 Å². The first-order valence-electron chi connectivity index (χ1n) is 7.91. The van der Waals surface area contributed by atoms with Crippen molar-refractivity contribution in [1.29, 1.82) is 0 Å². The smallest absolute Gasteiger partial charge is 0.0172 e. The van der Waals surface area contributed by atoms with Gasteiger partial charge >= 0.3 is 0 Å². The third-order valence-corrected chi connectivity index (χ3v) is 5.06. The Labute approximate surface area is 118 Å². The largest absolute Gasteiger partial charge is 0.317 e. The molecule has 0 amide bonds. The van der Waals surface area contributed by atoms with E-state index in [9.17, 15) is 0 Å². The second kappa shape index (κ2) is 11.1. The highest BCUT2D eigenvalue weighted by atomic mass is 32.2. The fourth-order valence-electron chi connectivity index (χ4n) is 2.47. The van der Waals surface area contributed by atoms with Crippen molar-refractivity contribution in [3.63, 3.8) is 0 Å². The van der Waals surface area contributed by atoms with Crippen molar-refractivity contribution < 1.29 is 0 Å². The Morgan fingerprint density at radius 2 is 1.94 bits per heavy atom. The summed E-state index contributed by atoms with van der Waals surface area (Å²) in [7, 11) is 0. The molecular formula is C15H32N2S. The molecule has 1 atom stereocenters. The lowest BCUT2D eigenvalue weighted by Gasteiger charge is -2.31. The summed E-state index contributed by atoms with van der Waals surface area (Å²) in [4.78, 5) is 2.68. The average molecular weight is 273 g/mol. The molecule has 18 heavy (non-hydrogen) atoms. The number of hydrogen-bond donors (Lipinski definition) is 1. The van der Waals surface area contributed by atoms with Crippen LogP contribution in [0.4, 0.5) is 0 Å². The summed E-state index contributed by atoms with van der Waals surface area (Å²) >= 11 is 2.17. The number of nitrogens with zero attached hydrogens (tertiary/aromatic N) is 1. The van der Waals surface area contributed by atoms with Crippen LogP contribution in [0, 0.1) is 0 Å². The van der Waals surface area contributed by atoms with Gasteiger partial charge in [0.05, 0.1) is 0 Å². The topological polar surface area (TPSA) is 15.3 Å². The summed E-state index contributed by atoms with van der Waals surface area (Å²) in [6.45, 7) is 10.9. The molecule has 1 heterocycles. The maximum absolute atomic E-state index is 3.48. The van der Waals surface area contributed by atoms with Gasteiger partial charge in [-0.3, -0.25) is 0 Å². The zero-order chi connectivity index (χ0) is 13.1. The minimum absolute atomic E-state index is 0.900. The van der Waals surface area contributed by atoms with E-state index in [0.29, 0.717) is 0 Å². The molecule has 3 heteroatoms. The summed E-state index contributed by atoms with van der Waals surface area (Å²) < 4.78 is 0. The maximum atomic E-state index is 3.48. The monoisotopic (exact) mass is 272 g/mol. The van der Waals surface area contributed by atoms with Crippen LogP contribution in [0.15, 0.2) is 0 Å². The quantitative estimate of drug-likeness (QED) is 0.614. The summed E-state index contributed by atoms with van der Waals surface area (Å²) in [5.41, 5.74) is 0. The van der Waals surface area contributed by atoms with Crippen molar-refractivity contribution in [2.24, 2.45) is 0 Å². The Morgan fingerprint density at radius 3 is 2.72 bits per heavy atom. The Hall–Kier alpha value is 0.270. The van der Waals surface area contributed by atoms with Crippen LogP contribution >= 0.6 is 11.8 Å². The molecule has 0 aromatic heterocycles. The van der Waals surface area contributed by atoms with E-state index in [4.69, 9.17) is 0 Å². The fourth-order valence-corrected chi connectivity index (χ4v) is 3.72. The van der Waals surface area contributed by atoms with Crippen LogP contribution in [0.1, 0.15) is 52.4 Å². The van der Waals surface area contributed by atoms with Gasteiger partial charge in [-0.25, -0.2) is 0 Å². The Balaban J connectivity index is 1.88. The number of nitrogens with one attached hydrogen (secondary N) is 1. The van der Waals surface area contributed by atoms with E-state index in [1.807, 2.05) is 0 Å². The number of rotatable bonds is 10. The van der Waals surface area contributed by atoms with Gasteiger partial charge in [-0.05, 0) is 45.3 Å². The van der Waals surface area contributed by atoms with Gasteiger partial charge in [0.1, 0.15) is 0 Å². The van der Waals surface area contributed by atoms with Crippen LogP contribution in [0.25, 0.3) is 0 Å². The number of unbranched alkanes of at least 4 members (excludes halogenated alkanes) is 3. The highest BCUT2D eigenvalue weighted by Gasteiger charge is 2.17. The molecule has 0 radical (unpaired) electrons. The highest BCUT2D eigenvalue weighted by molar-refractivity contribution is 8.00. The van der Waals surface area contributed by atoms with Gasteiger partial charge in [-0.15, -0.1) is 0 Å². The van der Waals surface area contributed by atoms with E-state index in [2.05, 4.69) is 35.8 Å². The fraction of sp³-hybridized carbons (Fsp3) is 1.00. The van der Waals surface area contributed by atoms with E-state index in [0.717, 1.165) is 5.25 Å². The molecule has 108 valence electrons. The molecule has 0 spiro atoms. The molecule has 1 rings (SSSR count). The van der Waals surface area contributed by atoms with Crippen molar-refractivity contribution in [2.75, 3.05) is 38.5 Å². The van der Waals surface area contributed by atoms with Crippen LogP contribution in [0.5, 0.6) is 0 Å². The van der Waals surface area contributed by atoms with Crippen molar-refractivity contribution in [1.82, 2.24) is 10.2 Å². The third kappa shape index (κ3) is 7.65. The SMILES string of the molecule is CCCNCCCCCCN1CCSC(CC)C1. The van der Waals surface area contributed by atoms with Gasteiger partial charge in [-0.1, -0.05) is 26.7 Å². The first-order valence-corrected chi connectivity index (χ1v) is 8.96. The molecule has 0 aliphatic carbocycles. The number of hydrogen-bond acceptors (Lipinski definition) is 3. The minimum Gasteiger partial charge on any atom is -0.317 e. The van der Waals surface area contributed by atoms with Crippen LogP contribution < -0.4 is 5.32 Å². The van der Waals surface area contributed by atoms with E-state index >= 15 is 0 Å². The predicted molar refractivity (Wildman–Crippen MR) is 84.6 cm³/mol. The molecule has 0 aromatic carbocycles. The minimum atomic E-state index is 0.900. The second-order valence-corrected chi connectivity index (χ2v) is 6.77. The summed E-state index contributed by atoms with van der Waals surface area (Å²) in [5, 5.41) is 4.38. The Bertz CT molecular complexity index is 187. The summed E-state index contributed by atoms with van der Waals surface area (Å²) in [6.07, 6.45) is 8.16. The van der Waals surface area contributed by atoms with Gasteiger partial charge < -0.3 is 10.2 Å². The third-order valence-electron chi connectivity index (χ3n) is 3.68. The van der Waals surface area contributed by atoms with Gasteiger partial charge in [0.2, 0.25) is 0 Å². The molecule has 1 saturated heterocycles. The molecule has 0 saturated carbocycles. The molecule has 1 fully saturated rings. The Morgan fingerprint density at radius 1 is 1.11 bits per heavy atom. The maximum Gasteiger partial charge on any atom is 0.0172 e. The summed E-state index contributed by atoms with van der Waals surface area (Å²) in [6, 6.07) is 0.